The molecule has 1 aromatic rings. The number of hydrogen-bond donors (Lipinski definition) is 0. The highest BCUT2D eigenvalue weighted by atomic mass is 16.5. The van der Waals surface area contributed by atoms with Crippen LogP contribution in [0.15, 0.2) is 36.6 Å². The second kappa shape index (κ2) is 6.35. The van der Waals surface area contributed by atoms with E-state index in [2.05, 4.69) is 35.4 Å². The Labute approximate surface area is 120 Å². The van der Waals surface area contributed by atoms with E-state index < -0.39 is 0 Å². The Kier molecular flexibility index (Phi) is 4.54. The molecule has 1 aliphatic rings. The van der Waals surface area contributed by atoms with Gasteiger partial charge in [-0.2, -0.15) is 0 Å². The van der Waals surface area contributed by atoms with Gasteiger partial charge in [-0.25, -0.2) is 0 Å². The van der Waals surface area contributed by atoms with E-state index in [0.29, 0.717) is 13.1 Å². The average molecular weight is 270 g/mol. The summed E-state index contributed by atoms with van der Waals surface area (Å²) in [5.41, 5.74) is 4.80. The zero-order chi connectivity index (χ0) is 14.5. The summed E-state index contributed by atoms with van der Waals surface area (Å²) >= 11 is 0. The van der Waals surface area contributed by atoms with Gasteiger partial charge >= 0.3 is 0 Å². The molecule has 1 amide bonds. The van der Waals surface area contributed by atoms with Gasteiger partial charge in [0.15, 0.2) is 0 Å². The van der Waals surface area contributed by atoms with Gasteiger partial charge < -0.3 is 14.5 Å². The van der Waals surface area contributed by atoms with Crippen molar-refractivity contribution in [2.75, 3.05) is 38.2 Å². The molecule has 1 saturated heterocycles. The monoisotopic (exact) mass is 270 g/mol. The number of benzene rings is 1. The zero-order valence-electron chi connectivity index (χ0n) is 12.1. The Bertz CT molecular complexity index is 545. The van der Waals surface area contributed by atoms with E-state index in [1.807, 2.05) is 12.7 Å². The van der Waals surface area contributed by atoms with E-state index in [0.717, 1.165) is 30.0 Å². The lowest BCUT2D eigenvalue weighted by Crippen LogP contribution is -2.48. The minimum Gasteiger partial charge on any atom is -0.497 e. The van der Waals surface area contributed by atoms with Gasteiger partial charge in [0.1, 0.15) is 13.6 Å². The van der Waals surface area contributed by atoms with Gasteiger partial charge in [-0.15, -0.1) is 5.73 Å². The average Bonchev–Trinajstić information content (AvgIpc) is 2.48. The van der Waals surface area contributed by atoms with Crippen molar-refractivity contribution in [3.05, 3.63) is 36.6 Å². The van der Waals surface area contributed by atoms with Gasteiger partial charge in [-0.05, 0) is 11.5 Å². The maximum Gasteiger partial charge on any atom is 0.254 e. The molecule has 0 N–H and O–H groups in total. The first-order valence-electron chi connectivity index (χ1n) is 6.70. The van der Waals surface area contributed by atoms with Crippen LogP contribution in [0.5, 0.6) is 5.75 Å². The topological polar surface area (TPSA) is 32.8 Å². The fourth-order valence-corrected chi connectivity index (χ4v) is 2.37. The fraction of sp³-hybridized carbons (Fsp3) is 0.333. The van der Waals surface area contributed by atoms with Crippen LogP contribution in [0.1, 0.15) is 0 Å². The number of hydrogen-bond acceptors (Lipinski definition) is 3. The summed E-state index contributed by atoms with van der Waals surface area (Å²) < 4.78 is 5.36. The van der Waals surface area contributed by atoms with Gasteiger partial charge in [0.05, 0.1) is 7.11 Å². The Balaban J connectivity index is 2.03. The minimum absolute atomic E-state index is 0.0128. The van der Waals surface area contributed by atoms with Crippen molar-refractivity contribution in [2.24, 2.45) is 0 Å². The molecule has 20 heavy (non-hydrogen) atoms. The minimum atomic E-state index is -0.0128. The Hall–Kier alpha value is -2.13. The SMILES string of the molecule is Bc1ccc(N2CCN(C(=O)C=C=C)CC2)cc1OC. The van der Waals surface area contributed by atoms with Crippen molar-refractivity contribution in [1.82, 2.24) is 4.90 Å². The van der Waals surface area contributed by atoms with Crippen LogP contribution in [0.3, 0.4) is 0 Å². The zero-order valence-corrected chi connectivity index (χ0v) is 12.1. The first-order chi connectivity index (χ1) is 9.65. The maximum absolute atomic E-state index is 11.7. The lowest BCUT2D eigenvalue weighted by Gasteiger charge is -2.35. The summed E-state index contributed by atoms with van der Waals surface area (Å²) in [5, 5.41) is 0. The van der Waals surface area contributed by atoms with E-state index in [1.165, 1.54) is 6.08 Å². The van der Waals surface area contributed by atoms with E-state index in [1.54, 1.807) is 7.11 Å². The van der Waals surface area contributed by atoms with Crippen molar-refractivity contribution in [1.29, 1.82) is 0 Å². The number of rotatable bonds is 3. The first-order valence-corrected chi connectivity index (χ1v) is 6.70. The molecular formula is C15H19BN2O2. The molecule has 0 unspecified atom stereocenters. The van der Waals surface area contributed by atoms with Crippen LogP contribution in [0.2, 0.25) is 0 Å². The van der Waals surface area contributed by atoms with Crippen LogP contribution in [0.4, 0.5) is 5.69 Å². The number of nitrogens with zero attached hydrogens (tertiary/aromatic N) is 2. The standard InChI is InChI=1S/C15H19BN2O2/c1-3-4-15(19)18-9-7-17(8-10-18)12-5-6-13(16)14(11-12)20-2/h4-6,11H,1,7-10,16H2,2H3. The highest BCUT2D eigenvalue weighted by molar-refractivity contribution is 6.34. The molecular weight excluding hydrogens is 251 g/mol. The van der Waals surface area contributed by atoms with Gasteiger partial charge in [0.2, 0.25) is 0 Å². The van der Waals surface area contributed by atoms with Crippen molar-refractivity contribution in [3.8, 4) is 5.75 Å². The fourth-order valence-electron chi connectivity index (χ4n) is 2.37. The maximum atomic E-state index is 11.7. The second-order valence-corrected chi connectivity index (χ2v) is 4.81. The third kappa shape index (κ3) is 3.06. The van der Waals surface area contributed by atoms with Crippen LogP contribution < -0.4 is 15.1 Å². The highest BCUT2D eigenvalue weighted by Gasteiger charge is 2.20. The smallest absolute Gasteiger partial charge is 0.254 e. The van der Waals surface area contributed by atoms with Crippen molar-refractivity contribution in [3.63, 3.8) is 0 Å². The van der Waals surface area contributed by atoms with E-state index in [-0.39, 0.29) is 5.91 Å². The van der Waals surface area contributed by atoms with Crippen LogP contribution in [0, 0.1) is 0 Å². The van der Waals surface area contributed by atoms with Gasteiger partial charge in [-0.3, -0.25) is 4.79 Å². The van der Waals surface area contributed by atoms with Crippen molar-refractivity contribution < 1.29 is 9.53 Å². The molecule has 0 aliphatic carbocycles. The molecule has 0 radical (unpaired) electrons. The summed E-state index contributed by atoms with van der Waals surface area (Å²) in [4.78, 5) is 15.8. The van der Waals surface area contributed by atoms with Crippen LogP contribution in [-0.2, 0) is 4.79 Å². The second-order valence-electron chi connectivity index (χ2n) is 4.81. The van der Waals surface area contributed by atoms with Crippen LogP contribution >= 0.6 is 0 Å². The molecule has 104 valence electrons. The number of methoxy groups -OCH3 is 1. The lowest BCUT2D eigenvalue weighted by molar-refractivity contribution is -0.126. The predicted molar refractivity (Wildman–Crippen MR) is 83.7 cm³/mol. The van der Waals surface area contributed by atoms with Crippen molar-refractivity contribution in [2.45, 2.75) is 0 Å². The summed E-state index contributed by atoms with van der Waals surface area (Å²) in [7, 11) is 3.71. The summed E-state index contributed by atoms with van der Waals surface area (Å²) in [6, 6.07) is 6.21. The third-order valence-electron chi connectivity index (χ3n) is 3.57. The number of carbonyl (C=O) groups is 1. The third-order valence-corrected chi connectivity index (χ3v) is 3.57. The molecule has 4 nitrogen and oxygen atoms in total. The van der Waals surface area contributed by atoms with Gasteiger partial charge in [-0.1, -0.05) is 12.6 Å². The Morgan fingerprint density at radius 3 is 2.70 bits per heavy atom. The molecule has 2 rings (SSSR count). The van der Waals surface area contributed by atoms with Gasteiger partial charge in [0.25, 0.3) is 5.91 Å². The molecule has 0 spiro atoms. The lowest BCUT2D eigenvalue weighted by atomic mass is 9.94. The first kappa shape index (κ1) is 14.3. The number of carbonyl (C=O) groups excluding carboxylic acids is 1. The quantitative estimate of drug-likeness (QED) is 0.438. The van der Waals surface area contributed by atoms with Crippen molar-refractivity contribution >= 4 is 24.9 Å². The molecule has 1 fully saturated rings. The van der Waals surface area contributed by atoms with Crippen LogP contribution in [0.25, 0.3) is 0 Å². The normalized spacial score (nSPS) is 14.7. The number of ether oxygens (including phenoxy) is 1. The molecule has 1 heterocycles. The van der Waals surface area contributed by atoms with E-state index in [4.69, 9.17) is 4.74 Å². The number of anilines is 1. The molecule has 0 aromatic heterocycles. The summed E-state index contributed by atoms with van der Waals surface area (Å²) in [6.07, 6.45) is 1.39. The molecule has 1 aromatic carbocycles. The molecule has 0 atom stereocenters. The molecule has 0 saturated carbocycles. The van der Waals surface area contributed by atoms with Gasteiger partial charge in [0, 0.05) is 44.0 Å². The summed E-state index contributed by atoms with van der Waals surface area (Å²) in [6.45, 7) is 6.51. The molecule has 1 aliphatic heterocycles. The molecule has 0 bridgehead atoms. The Morgan fingerprint density at radius 1 is 1.40 bits per heavy atom. The van der Waals surface area contributed by atoms with E-state index >= 15 is 0 Å². The summed E-state index contributed by atoms with van der Waals surface area (Å²) in [5.74, 6) is 0.886. The molecule has 5 heteroatoms. The number of piperazine rings is 1. The highest BCUT2D eigenvalue weighted by Crippen LogP contribution is 2.20. The Morgan fingerprint density at radius 2 is 2.10 bits per heavy atom. The van der Waals surface area contributed by atoms with Crippen LogP contribution in [-0.4, -0.2) is 51.9 Å². The number of amides is 1. The van der Waals surface area contributed by atoms with E-state index in [9.17, 15) is 4.79 Å². The predicted octanol–water partition coefficient (Wildman–Crippen LogP) is -0.0567. The largest absolute Gasteiger partial charge is 0.497 e.